The van der Waals surface area contributed by atoms with Gasteiger partial charge in [0.25, 0.3) is 10.0 Å². The summed E-state index contributed by atoms with van der Waals surface area (Å²) in [7, 11) is -3.79. The molecule has 1 atom stereocenters. The Kier molecular flexibility index (Phi) is 7.70. The molecule has 0 radical (unpaired) electrons. The van der Waals surface area contributed by atoms with Crippen LogP contribution in [-0.4, -0.2) is 47.6 Å². The van der Waals surface area contributed by atoms with Gasteiger partial charge < -0.3 is 10.4 Å². The molecule has 202 valence electrons. The predicted molar refractivity (Wildman–Crippen MR) is 145 cm³/mol. The van der Waals surface area contributed by atoms with Gasteiger partial charge in [-0.15, -0.1) is 0 Å². The van der Waals surface area contributed by atoms with E-state index in [1.54, 1.807) is 31.2 Å². The van der Waals surface area contributed by atoms with Crippen molar-refractivity contribution in [3.63, 3.8) is 0 Å². The highest BCUT2D eigenvalue weighted by molar-refractivity contribution is 7.93. The standard InChI is InChI=1S/C29H34FN3O4S/c1-20(34)32-16-14-22(15-17-32)27-19-33(28-5-3-2-4-26(27)28)38(36,37)25-12-8-23(9-13-25)29(35)31-18-21-6-10-24(30)11-7-21/h3,5-8,10-12,19-20,22,34H,2,4,9,13-18H2,1H3,(H,31,35). The van der Waals surface area contributed by atoms with Crippen molar-refractivity contribution in [3.8, 4) is 0 Å². The van der Waals surface area contributed by atoms with Crippen LogP contribution in [0.15, 0.2) is 59.2 Å². The molecule has 1 fully saturated rings. The molecule has 38 heavy (non-hydrogen) atoms. The summed E-state index contributed by atoms with van der Waals surface area (Å²) in [5.41, 5.74) is 4.25. The van der Waals surface area contributed by atoms with Crippen molar-refractivity contribution in [2.45, 2.75) is 64.1 Å². The van der Waals surface area contributed by atoms with Crippen molar-refractivity contribution in [2.24, 2.45) is 0 Å². The first-order chi connectivity index (χ1) is 18.2. The van der Waals surface area contributed by atoms with E-state index in [0.29, 0.717) is 16.9 Å². The Morgan fingerprint density at radius 1 is 1.13 bits per heavy atom. The van der Waals surface area contributed by atoms with Crippen molar-refractivity contribution in [1.29, 1.82) is 0 Å². The number of fused-ring (bicyclic) bond motifs is 1. The van der Waals surface area contributed by atoms with E-state index in [2.05, 4.69) is 5.32 Å². The van der Waals surface area contributed by atoms with Gasteiger partial charge in [-0.25, -0.2) is 16.8 Å². The Hall–Kier alpha value is -3.01. The van der Waals surface area contributed by atoms with Crippen molar-refractivity contribution in [2.75, 3.05) is 13.1 Å². The Balaban J connectivity index is 1.34. The molecule has 9 heteroatoms. The summed E-state index contributed by atoms with van der Waals surface area (Å²) in [5.74, 6) is -0.324. The average molecular weight is 540 g/mol. The summed E-state index contributed by atoms with van der Waals surface area (Å²) in [6.07, 6.45) is 12.5. The van der Waals surface area contributed by atoms with E-state index < -0.39 is 16.3 Å². The Bertz CT molecular complexity index is 1400. The number of amides is 1. The first kappa shape index (κ1) is 26.6. The van der Waals surface area contributed by atoms with Crippen molar-refractivity contribution < 1.29 is 22.7 Å². The number of aromatic nitrogens is 1. The van der Waals surface area contributed by atoms with E-state index in [4.69, 9.17) is 0 Å². The normalized spacial score (nSPS) is 19.4. The highest BCUT2D eigenvalue weighted by Crippen LogP contribution is 2.38. The van der Waals surface area contributed by atoms with Gasteiger partial charge in [-0.1, -0.05) is 24.3 Å². The van der Waals surface area contributed by atoms with Crippen LogP contribution in [0.3, 0.4) is 0 Å². The molecule has 5 rings (SSSR count). The van der Waals surface area contributed by atoms with E-state index in [-0.39, 0.29) is 30.6 Å². The van der Waals surface area contributed by atoms with Crippen molar-refractivity contribution in [3.05, 3.63) is 87.4 Å². The maximum absolute atomic E-state index is 13.8. The lowest BCUT2D eigenvalue weighted by Crippen LogP contribution is -2.39. The van der Waals surface area contributed by atoms with E-state index in [0.717, 1.165) is 61.2 Å². The number of aliphatic hydroxyl groups excluding tert-OH is 1. The summed E-state index contributed by atoms with van der Waals surface area (Å²) in [4.78, 5) is 15.0. The minimum atomic E-state index is -3.79. The molecule has 2 aliphatic carbocycles. The van der Waals surface area contributed by atoms with Gasteiger partial charge in [0.15, 0.2) is 0 Å². The fourth-order valence-electron chi connectivity index (χ4n) is 5.61. The largest absolute Gasteiger partial charge is 0.379 e. The first-order valence-electron chi connectivity index (χ1n) is 13.2. The van der Waals surface area contributed by atoms with Gasteiger partial charge in [-0.05, 0) is 92.3 Å². The van der Waals surface area contributed by atoms with Crippen LogP contribution in [0.25, 0.3) is 6.08 Å². The lowest BCUT2D eigenvalue weighted by Gasteiger charge is -2.34. The summed E-state index contributed by atoms with van der Waals surface area (Å²) in [6, 6.07) is 5.93. The maximum Gasteiger partial charge on any atom is 0.264 e. The Morgan fingerprint density at radius 3 is 2.53 bits per heavy atom. The molecule has 1 unspecified atom stereocenters. The lowest BCUT2D eigenvalue weighted by molar-refractivity contribution is -0.117. The zero-order chi connectivity index (χ0) is 26.9. The number of benzene rings is 1. The number of piperidine rings is 1. The summed E-state index contributed by atoms with van der Waals surface area (Å²) >= 11 is 0. The Labute approximate surface area is 223 Å². The molecule has 2 aromatic rings. The van der Waals surface area contributed by atoms with Gasteiger partial charge in [0.2, 0.25) is 5.91 Å². The summed E-state index contributed by atoms with van der Waals surface area (Å²) in [5, 5.41) is 12.7. The molecule has 1 aromatic carbocycles. The number of hydrogen-bond acceptors (Lipinski definition) is 5. The van der Waals surface area contributed by atoms with Crippen molar-refractivity contribution in [1.82, 2.24) is 14.2 Å². The third kappa shape index (κ3) is 5.41. The monoisotopic (exact) mass is 539 g/mol. The van der Waals surface area contributed by atoms with Gasteiger partial charge >= 0.3 is 0 Å². The zero-order valence-electron chi connectivity index (χ0n) is 21.6. The molecule has 3 aliphatic rings. The minimum absolute atomic E-state index is 0.247. The quantitative estimate of drug-likeness (QED) is 0.550. The molecule has 1 saturated heterocycles. The third-order valence-corrected chi connectivity index (χ3v) is 9.67. The van der Waals surface area contributed by atoms with Gasteiger partial charge in [-0.3, -0.25) is 9.69 Å². The SMILES string of the molecule is CC(O)N1CCC(c2cn(S(=O)(=O)C3=CC=C(C(=O)NCc4ccc(F)cc4)CC3)c3c2CCC=C3)CC1. The van der Waals surface area contributed by atoms with Crippen LogP contribution in [0.2, 0.25) is 0 Å². The third-order valence-electron chi connectivity index (χ3n) is 7.85. The van der Waals surface area contributed by atoms with E-state index in [1.807, 2.05) is 23.2 Å². The number of rotatable bonds is 7. The highest BCUT2D eigenvalue weighted by atomic mass is 32.2. The molecule has 1 aliphatic heterocycles. The zero-order valence-corrected chi connectivity index (χ0v) is 22.4. The van der Waals surface area contributed by atoms with Gasteiger partial charge in [0, 0.05) is 31.4 Å². The molecule has 7 nitrogen and oxygen atoms in total. The predicted octanol–water partition coefficient (Wildman–Crippen LogP) is 4.20. The fourth-order valence-corrected chi connectivity index (χ4v) is 7.14. The van der Waals surface area contributed by atoms with Crippen LogP contribution in [0.1, 0.15) is 67.3 Å². The van der Waals surface area contributed by atoms with Crippen LogP contribution in [0.4, 0.5) is 4.39 Å². The van der Waals surface area contributed by atoms with Crippen LogP contribution >= 0.6 is 0 Å². The first-order valence-corrected chi connectivity index (χ1v) is 14.7. The van der Waals surface area contributed by atoms with Crippen LogP contribution in [0, 0.1) is 5.82 Å². The second-order valence-corrected chi connectivity index (χ2v) is 12.1. The number of halogens is 1. The molecule has 1 amide bonds. The number of nitrogens with zero attached hydrogens (tertiary/aromatic N) is 2. The number of carbonyl (C=O) groups excluding carboxylic acids is 1. The molecule has 1 aromatic heterocycles. The molecule has 0 saturated carbocycles. The second kappa shape index (κ2) is 11.0. The van der Waals surface area contributed by atoms with Crippen LogP contribution < -0.4 is 5.32 Å². The number of nitrogens with one attached hydrogen (secondary N) is 1. The fraction of sp³-hybridized carbons (Fsp3) is 0.414. The van der Waals surface area contributed by atoms with E-state index >= 15 is 0 Å². The maximum atomic E-state index is 13.8. The second-order valence-electron chi connectivity index (χ2n) is 10.3. The van der Waals surface area contributed by atoms with E-state index in [9.17, 15) is 22.7 Å². The summed E-state index contributed by atoms with van der Waals surface area (Å²) < 4.78 is 42.1. The molecule has 0 bridgehead atoms. The number of hydrogen-bond donors (Lipinski definition) is 2. The molecule has 0 spiro atoms. The van der Waals surface area contributed by atoms with Gasteiger partial charge in [0.1, 0.15) is 12.0 Å². The number of allylic oxidation sites excluding steroid dienone is 4. The van der Waals surface area contributed by atoms with Crippen molar-refractivity contribution >= 4 is 22.0 Å². The van der Waals surface area contributed by atoms with Gasteiger partial charge in [0.05, 0.1) is 10.6 Å². The van der Waals surface area contributed by atoms with Crippen LogP contribution in [-0.2, 0) is 27.8 Å². The number of likely N-dealkylation sites (tertiary alicyclic amines) is 1. The van der Waals surface area contributed by atoms with E-state index in [1.165, 1.54) is 16.1 Å². The molecular formula is C29H34FN3O4S. The summed E-state index contributed by atoms with van der Waals surface area (Å²) in [6.45, 7) is 3.62. The number of aliphatic hydroxyl groups is 1. The highest BCUT2D eigenvalue weighted by Gasteiger charge is 2.32. The topological polar surface area (TPSA) is 91.6 Å². The number of carbonyl (C=O) groups is 1. The average Bonchev–Trinajstić information content (AvgIpc) is 3.33. The molecule has 2 heterocycles. The van der Waals surface area contributed by atoms with Crippen LogP contribution in [0.5, 0.6) is 0 Å². The minimum Gasteiger partial charge on any atom is -0.379 e. The Morgan fingerprint density at radius 2 is 1.87 bits per heavy atom. The lowest BCUT2D eigenvalue weighted by atomic mass is 9.86. The van der Waals surface area contributed by atoms with Gasteiger partial charge in [-0.2, -0.15) is 0 Å². The smallest absolute Gasteiger partial charge is 0.264 e. The molecular weight excluding hydrogens is 505 g/mol. The molecule has 2 N–H and O–H groups in total.